The summed E-state index contributed by atoms with van der Waals surface area (Å²) in [5.74, 6) is 0.0253. The molecule has 1 saturated heterocycles. The fourth-order valence-corrected chi connectivity index (χ4v) is 6.05. The van der Waals surface area contributed by atoms with Gasteiger partial charge in [-0.1, -0.05) is 33.1 Å². The summed E-state index contributed by atoms with van der Waals surface area (Å²) in [5.41, 5.74) is 1.54. The van der Waals surface area contributed by atoms with Crippen LogP contribution in [0.1, 0.15) is 51.6 Å². The highest BCUT2D eigenvalue weighted by Gasteiger charge is 2.28. The van der Waals surface area contributed by atoms with Crippen molar-refractivity contribution in [2.45, 2.75) is 52.4 Å². The van der Waals surface area contributed by atoms with E-state index in [0.29, 0.717) is 43.5 Å². The summed E-state index contributed by atoms with van der Waals surface area (Å²) in [4.78, 5) is 59.3. The Labute approximate surface area is 238 Å². The number of amides is 3. The molecule has 216 valence electrons. The Hall–Kier alpha value is -3.54. The van der Waals surface area contributed by atoms with Gasteiger partial charge >= 0.3 is 0 Å². The van der Waals surface area contributed by atoms with Gasteiger partial charge in [-0.2, -0.15) is 0 Å². The van der Waals surface area contributed by atoms with Crippen LogP contribution in [-0.2, 0) is 20.8 Å². The number of hydrogen-bond acceptors (Lipinski definition) is 8. The number of thiazole rings is 1. The molecule has 2 fully saturated rings. The van der Waals surface area contributed by atoms with E-state index in [1.807, 2.05) is 13.8 Å². The molecule has 2 heterocycles. The first kappa shape index (κ1) is 29.4. The number of rotatable bonds is 10. The molecule has 1 aromatic carbocycles. The molecule has 1 saturated carbocycles. The molecular formula is C28H38N6O5S. The first-order chi connectivity index (χ1) is 19.2. The molecule has 0 spiro atoms. The number of piperazine rings is 1. The number of carbonyl (C=O) groups is 3. The lowest BCUT2D eigenvalue weighted by Crippen LogP contribution is -2.49. The minimum Gasteiger partial charge on any atom is -0.368 e. The molecule has 1 aliphatic carbocycles. The summed E-state index contributed by atoms with van der Waals surface area (Å²) in [6, 6.07) is 6.44. The smallest absolute Gasteiger partial charge is 0.269 e. The molecule has 11 nitrogen and oxygen atoms in total. The first-order valence-corrected chi connectivity index (χ1v) is 14.9. The molecule has 1 aromatic heterocycles. The number of nitro groups is 1. The van der Waals surface area contributed by atoms with Gasteiger partial charge in [-0.25, -0.2) is 4.98 Å². The summed E-state index contributed by atoms with van der Waals surface area (Å²) in [5, 5.41) is 15.9. The fourth-order valence-electron chi connectivity index (χ4n) is 5.32. The molecule has 40 heavy (non-hydrogen) atoms. The topological polar surface area (TPSA) is 129 Å². The predicted octanol–water partition coefficient (Wildman–Crippen LogP) is 3.95. The van der Waals surface area contributed by atoms with E-state index >= 15 is 0 Å². The van der Waals surface area contributed by atoms with Crippen molar-refractivity contribution in [1.29, 1.82) is 0 Å². The normalized spacial score (nSPS) is 16.2. The van der Waals surface area contributed by atoms with Crippen molar-refractivity contribution >= 4 is 45.6 Å². The van der Waals surface area contributed by atoms with E-state index in [0.717, 1.165) is 31.4 Å². The van der Waals surface area contributed by atoms with E-state index in [2.05, 4.69) is 15.2 Å². The third-order valence-electron chi connectivity index (χ3n) is 7.37. The number of aromatic nitrogens is 1. The fraction of sp³-hybridized carbons (Fsp3) is 0.571. The molecule has 1 aliphatic heterocycles. The lowest BCUT2D eigenvalue weighted by atomic mass is 9.88. The maximum absolute atomic E-state index is 13.1. The van der Waals surface area contributed by atoms with Crippen LogP contribution in [0, 0.1) is 22.0 Å². The number of nitrogens with one attached hydrogen (secondary N) is 1. The van der Waals surface area contributed by atoms with E-state index in [-0.39, 0.29) is 48.2 Å². The maximum Gasteiger partial charge on any atom is 0.269 e. The second kappa shape index (κ2) is 13.7. The van der Waals surface area contributed by atoms with Crippen LogP contribution in [0.2, 0.25) is 0 Å². The van der Waals surface area contributed by atoms with Crippen molar-refractivity contribution in [3.63, 3.8) is 0 Å². The highest BCUT2D eigenvalue weighted by molar-refractivity contribution is 7.13. The lowest BCUT2D eigenvalue weighted by Gasteiger charge is -2.36. The van der Waals surface area contributed by atoms with Gasteiger partial charge in [-0.15, -0.1) is 11.3 Å². The summed E-state index contributed by atoms with van der Waals surface area (Å²) in [7, 11) is 0. The minimum absolute atomic E-state index is 0.000393. The number of nitrogens with zero attached hydrogens (tertiary/aromatic N) is 5. The first-order valence-electron chi connectivity index (χ1n) is 14.0. The Morgan fingerprint density at radius 3 is 2.40 bits per heavy atom. The van der Waals surface area contributed by atoms with Crippen LogP contribution in [0.25, 0.3) is 0 Å². The van der Waals surface area contributed by atoms with Crippen LogP contribution >= 0.6 is 11.3 Å². The van der Waals surface area contributed by atoms with Gasteiger partial charge in [-0.3, -0.25) is 24.5 Å². The molecular weight excluding hydrogens is 532 g/mol. The third kappa shape index (κ3) is 8.00. The number of nitro benzene ring substituents is 1. The SMILES string of the molecule is CC(C)CN(CC(=O)Nc1nc(CC(=O)N2CCN(c3ccc([N+](=O)[O-])cc3)CC2)cs1)C(=O)C1CCCCC1. The van der Waals surface area contributed by atoms with Gasteiger partial charge in [0.2, 0.25) is 17.7 Å². The van der Waals surface area contributed by atoms with Crippen LogP contribution in [0.4, 0.5) is 16.5 Å². The number of benzene rings is 1. The van der Waals surface area contributed by atoms with Gasteiger partial charge in [0.05, 0.1) is 23.6 Å². The largest absolute Gasteiger partial charge is 0.368 e. The Balaban J connectivity index is 1.25. The van der Waals surface area contributed by atoms with E-state index in [1.165, 1.54) is 29.9 Å². The molecule has 0 bridgehead atoms. The Morgan fingerprint density at radius 2 is 1.77 bits per heavy atom. The van der Waals surface area contributed by atoms with E-state index in [4.69, 9.17) is 0 Å². The lowest BCUT2D eigenvalue weighted by molar-refractivity contribution is -0.384. The minimum atomic E-state index is -0.420. The molecule has 12 heteroatoms. The zero-order valence-electron chi connectivity index (χ0n) is 23.2. The Bertz CT molecular complexity index is 1190. The van der Waals surface area contributed by atoms with Crippen LogP contribution < -0.4 is 10.2 Å². The average Bonchev–Trinajstić information content (AvgIpc) is 3.38. The van der Waals surface area contributed by atoms with Crippen molar-refractivity contribution in [2.24, 2.45) is 11.8 Å². The Morgan fingerprint density at radius 1 is 1.10 bits per heavy atom. The second-order valence-corrected chi connectivity index (χ2v) is 11.8. The number of anilines is 2. The standard InChI is InChI=1S/C28H38N6O5S/c1-20(2)17-33(27(37)21-6-4-3-5-7-21)18-25(35)30-28-29-22(19-40-28)16-26(36)32-14-12-31(13-15-32)23-8-10-24(11-9-23)34(38)39/h8-11,19-21H,3-7,12-18H2,1-2H3,(H,29,30,35). The van der Waals surface area contributed by atoms with Gasteiger partial charge in [-0.05, 0) is 30.9 Å². The van der Waals surface area contributed by atoms with Crippen molar-refractivity contribution in [3.8, 4) is 0 Å². The quantitative estimate of drug-likeness (QED) is 0.338. The van der Waals surface area contributed by atoms with Crippen molar-refractivity contribution < 1.29 is 19.3 Å². The number of carbonyl (C=O) groups excluding carboxylic acids is 3. The number of hydrogen-bond donors (Lipinski definition) is 1. The average molecular weight is 571 g/mol. The van der Waals surface area contributed by atoms with Crippen LogP contribution in [0.15, 0.2) is 29.6 Å². The molecule has 2 aliphatic rings. The van der Waals surface area contributed by atoms with Gasteiger partial charge in [0.25, 0.3) is 5.69 Å². The maximum atomic E-state index is 13.1. The van der Waals surface area contributed by atoms with Gasteiger partial charge in [0.1, 0.15) is 0 Å². The summed E-state index contributed by atoms with van der Waals surface area (Å²) < 4.78 is 0. The molecule has 0 radical (unpaired) electrons. The summed E-state index contributed by atoms with van der Waals surface area (Å²) in [6.45, 7) is 6.98. The molecule has 4 rings (SSSR count). The van der Waals surface area contributed by atoms with Crippen molar-refractivity contribution in [3.05, 3.63) is 45.5 Å². The van der Waals surface area contributed by atoms with Crippen molar-refractivity contribution in [1.82, 2.24) is 14.8 Å². The van der Waals surface area contributed by atoms with E-state index < -0.39 is 4.92 Å². The van der Waals surface area contributed by atoms with Gasteiger partial charge < -0.3 is 20.0 Å². The molecule has 0 unspecified atom stereocenters. The zero-order chi connectivity index (χ0) is 28.6. The zero-order valence-corrected chi connectivity index (χ0v) is 24.0. The van der Waals surface area contributed by atoms with Crippen LogP contribution in [-0.4, -0.2) is 76.7 Å². The monoisotopic (exact) mass is 570 g/mol. The molecule has 1 N–H and O–H groups in total. The van der Waals surface area contributed by atoms with E-state index in [1.54, 1.807) is 27.3 Å². The predicted molar refractivity (Wildman–Crippen MR) is 154 cm³/mol. The van der Waals surface area contributed by atoms with Gasteiger partial charge in [0, 0.05) is 61.8 Å². The van der Waals surface area contributed by atoms with Gasteiger partial charge in [0.15, 0.2) is 5.13 Å². The molecule has 3 amide bonds. The van der Waals surface area contributed by atoms with E-state index in [9.17, 15) is 24.5 Å². The third-order valence-corrected chi connectivity index (χ3v) is 8.18. The van der Waals surface area contributed by atoms with Crippen LogP contribution in [0.5, 0.6) is 0 Å². The molecule has 0 atom stereocenters. The highest BCUT2D eigenvalue weighted by Crippen LogP contribution is 2.26. The van der Waals surface area contributed by atoms with Crippen LogP contribution in [0.3, 0.4) is 0 Å². The number of non-ortho nitro benzene ring substituents is 1. The second-order valence-electron chi connectivity index (χ2n) is 11.0. The summed E-state index contributed by atoms with van der Waals surface area (Å²) in [6.07, 6.45) is 5.23. The molecule has 2 aromatic rings. The Kier molecular flexibility index (Phi) is 10.1. The van der Waals surface area contributed by atoms with Crippen molar-refractivity contribution in [2.75, 3.05) is 49.5 Å². The highest BCUT2D eigenvalue weighted by atomic mass is 32.1. The summed E-state index contributed by atoms with van der Waals surface area (Å²) >= 11 is 1.27.